The largest absolute Gasteiger partial charge is 0.383 e. The highest BCUT2D eigenvalue weighted by Crippen LogP contribution is 1.88. The highest BCUT2D eigenvalue weighted by molar-refractivity contribution is 5.77. The lowest BCUT2D eigenvalue weighted by Crippen LogP contribution is -2.37. The molecule has 0 aliphatic rings. The minimum absolute atomic E-state index is 0.341. The second kappa shape index (κ2) is 9.42. The number of hydrogen-bond acceptors (Lipinski definition) is 3. The van der Waals surface area contributed by atoms with Crippen molar-refractivity contribution in [2.24, 2.45) is 10.7 Å². The molecule has 0 aromatic heterocycles. The summed E-state index contributed by atoms with van der Waals surface area (Å²) in [6, 6.07) is 0.341. The van der Waals surface area contributed by atoms with Crippen LogP contribution in [0, 0.1) is 0 Å². The van der Waals surface area contributed by atoms with Crippen molar-refractivity contribution in [2.45, 2.75) is 26.3 Å². The van der Waals surface area contributed by atoms with E-state index in [0.29, 0.717) is 12.0 Å². The lowest BCUT2D eigenvalue weighted by Gasteiger charge is -2.15. The molecule has 0 aromatic rings. The van der Waals surface area contributed by atoms with E-state index in [1.54, 1.807) is 7.11 Å². The van der Waals surface area contributed by atoms with Gasteiger partial charge in [-0.2, -0.15) is 0 Å². The zero-order chi connectivity index (χ0) is 12.4. The second-order valence-corrected chi connectivity index (χ2v) is 4.22. The van der Waals surface area contributed by atoms with Crippen LogP contribution in [0.3, 0.4) is 0 Å². The Morgan fingerprint density at radius 1 is 1.44 bits per heavy atom. The average molecular weight is 230 g/mol. The number of methoxy groups -OCH3 is 1. The Morgan fingerprint density at radius 3 is 2.69 bits per heavy atom. The Balaban J connectivity index is 3.50. The van der Waals surface area contributed by atoms with Gasteiger partial charge in [0.25, 0.3) is 0 Å². The molecule has 0 heterocycles. The molecule has 96 valence electrons. The highest BCUT2D eigenvalue weighted by Gasteiger charge is 1.97. The van der Waals surface area contributed by atoms with Crippen LogP contribution in [-0.2, 0) is 4.74 Å². The molecule has 3 N–H and O–H groups in total. The maximum Gasteiger partial charge on any atom is 0.188 e. The van der Waals surface area contributed by atoms with E-state index in [1.807, 2.05) is 13.8 Å². The quantitative estimate of drug-likeness (QED) is 0.357. The number of ether oxygens (including phenoxy) is 1. The van der Waals surface area contributed by atoms with Crippen LogP contribution in [0.15, 0.2) is 4.99 Å². The summed E-state index contributed by atoms with van der Waals surface area (Å²) in [6.07, 6.45) is 1.01. The zero-order valence-corrected chi connectivity index (χ0v) is 11.0. The van der Waals surface area contributed by atoms with Crippen LogP contribution >= 0.6 is 0 Å². The van der Waals surface area contributed by atoms with E-state index in [2.05, 4.69) is 22.3 Å². The molecule has 0 saturated heterocycles. The third kappa shape index (κ3) is 9.73. The molecule has 16 heavy (non-hydrogen) atoms. The summed E-state index contributed by atoms with van der Waals surface area (Å²) in [7, 11) is 3.80. The molecule has 0 amide bonds. The number of nitrogens with two attached hydrogens (primary N) is 1. The zero-order valence-electron chi connectivity index (χ0n) is 11.0. The molecule has 0 rings (SSSR count). The molecule has 0 unspecified atom stereocenters. The first-order valence-electron chi connectivity index (χ1n) is 5.80. The number of nitrogens with zero attached hydrogens (tertiary/aromatic N) is 2. The van der Waals surface area contributed by atoms with Crippen LogP contribution in [0.1, 0.15) is 20.3 Å². The van der Waals surface area contributed by atoms with Gasteiger partial charge in [0.15, 0.2) is 5.96 Å². The van der Waals surface area contributed by atoms with E-state index < -0.39 is 0 Å². The molecule has 0 fully saturated rings. The summed E-state index contributed by atoms with van der Waals surface area (Å²) in [6.45, 7) is 7.60. The molecule has 0 aromatic carbocycles. The van der Waals surface area contributed by atoms with Crippen molar-refractivity contribution in [3.05, 3.63) is 0 Å². The average Bonchev–Trinajstić information content (AvgIpc) is 2.20. The standard InChI is InChI=1S/C11H26N4O/c1-10(2)14-11(12)13-6-5-7-15(3)8-9-16-4/h10H,5-9H2,1-4H3,(H3,12,13,14). The first kappa shape index (κ1) is 15.2. The van der Waals surface area contributed by atoms with E-state index in [-0.39, 0.29) is 0 Å². The topological polar surface area (TPSA) is 62.9 Å². The molecule has 0 radical (unpaired) electrons. The van der Waals surface area contributed by atoms with E-state index in [1.165, 1.54) is 0 Å². The Morgan fingerprint density at radius 2 is 2.12 bits per heavy atom. The van der Waals surface area contributed by atoms with Gasteiger partial charge < -0.3 is 20.7 Å². The van der Waals surface area contributed by atoms with Crippen molar-refractivity contribution < 1.29 is 4.74 Å². The SMILES string of the molecule is COCCN(C)CCCN=C(N)NC(C)C. The molecular weight excluding hydrogens is 204 g/mol. The molecule has 0 saturated carbocycles. The van der Waals surface area contributed by atoms with E-state index in [4.69, 9.17) is 10.5 Å². The van der Waals surface area contributed by atoms with Crippen molar-refractivity contribution >= 4 is 5.96 Å². The molecule has 0 aliphatic heterocycles. The summed E-state index contributed by atoms with van der Waals surface area (Å²) in [4.78, 5) is 6.47. The molecule has 5 heteroatoms. The fourth-order valence-corrected chi connectivity index (χ4v) is 1.24. The van der Waals surface area contributed by atoms with Crippen molar-refractivity contribution in [2.75, 3.05) is 40.4 Å². The van der Waals surface area contributed by atoms with E-state index in [0.717, 1.165) is 32.7 Å². The minimum atomic E-state index is 0.341. The molecule has 0 aliphatic carbocycles. The Labute approximate surface area is 99.0 Å². The van der Waals surface area contributed by atoms with Crippen LogP contribution in [0.5, 0.6) is 0 Å². The maximum absolute atomic E-state index is 5.68. The van der Waals surface area contributed by atoms with E-state index in [9.17, 15) is 0 Å². The third-order valence-electron chi connectivity index (χ3n) is 2.09. The van der Waals surface area contributed by atoms with Gasteiger partial charge in [-0.3, -0.25) is 4.99 Å². The highest BCUT2D eigenvalue weighted by atomic mass is 16.5. The summed E-state index contributed by atoms with van der Waals surface area (Å²) in [5.74, 6) is 0.537. The molecule has 0 bridgehead atoms. The normalized spacial score (nSPS) is 12.5. The van der Waals surface area contributed by atoms with Gasteiger partial charge in [-0.1, -0.05) is 0 Å². The fourth-order valence-electron chi connectivity index (χ4n) is 1.24. The number of guanidine groups is 1. The van der Waals surface area contributed by atoms with Gasteiger partial charge >= 0.3 is 0 Å². The molecule has 5 nitrogen and oxygen atoms in total. The predicted molar refractivity (Wildman–Crippen MR) is 68.8 cm³/mol. The van der Waals surface area contributed by atoms with Gasteiger partial charge in [0.05, 0.1) is 6.61 Å². The minimum Gasteiger partial charge on any atom is -0.383 e. The van der Waals surface area contributed by atoms with Crippen LogP contribution < -0.4 is 11.1 Å². The monoisotopic (exact) mass is 230 g/mol. The van der Waals surface area contributed by atoms with E-state index >= 15 is 0 Å². The van der Waals surface area contributed by atoms with Crippen molar-refractivity contribution in [1.29, 1.82) is 0 Å². The summed E-state index contributed by atoms with van der Waals surface area (Å²) < 4.78 is 5.00. The number of nitrogens with one attached hydrogen (secondary N) is 1. The molecule has 0 spiro atoms. The lowest BCUT2D eigenvalue weighted by molar-refractivity contribution is 0.161. The first-order chi connectivity index (χ1) is 7.56. The Bertz CT molecular complexity index is 194. The maximum atomic E-state index is 5.68. The summed E-state index contributed by atoms with van der Waals surface area (Å²) in [5.41, 5.74) is 5.68. The molecule has 0 atom stereocenters. The summed E-state index contributed by atoms with van der Waals surface area (Å²) in [5, 5.41) is 3.06. The van der Waals surface area contributed by atoms with Gasteiger partial charge in [-0.05, 0) is 33.9 Å². The van der Waals surface area contributed by atoms with Gasteiger partial charge in [0, 0.05) is 26.2 Å². The Hall–Kier alpha value is -0.810. The van der Waals surface area contributed by atoms with Crippen LogP contribution in [-0.4, -0.2) is 57.3 Å². The van der Waals surface area contributed by atoms with Gasteiger partial charge in [0.2, 0.25) is 0 Å². The van der Waals surface area contributed by atoms with Gasteiger partial charge in [-0.15, -0.1) is 0 Å². The number of rotatable bonds is 8. The Kier molecular flexibility index (Phi) is 8.94. The van der Waals surface area contributed by atoms with Crippen molar-refractivity contribution in [3.63, 3.8) is 0 Å². The van der Waals surface area contributed by atoms with Crippen LogP contribution in [0.2, 0.25) is 0 Å². The van der Waals surface area contributed by atoms with Gasteiger partial charge in [0.1, 0.15) is 0 Å². The molecular formula is C11H26N4O. The fraction of sp³-hybridized carbons (Fsp3) is 0.909. The predicted octanol–water partition coefficient (Wildman–Crippen LogP) is 0.267. The second-order valence-electron chi connectivity index (χ2n) is 4.22. The lowest BCUT2D eigenvalue weighted by atomic mass is 10.4. The van der Waals surface area contributed by atoms with Crippen molar-refractivity contribution in [3.8, 4) is 0 Å². The van der Waals surface area contributed by atoms with Crippen molar-refractivity contribution in [1.82, 2.24) is 10.2 Å². The van der Waals surface area contributed by atoms with Crippen LogP contribution in [0.4, 0.5) is 0 Å². The smallest absolute Gasteiger partial charge is 0.188 e. The first-order valence-corrected chi connectivity index (χ1v) is 5.80. The summed E-state index contributed by atoms with van der Waals surface area (Å²) >= 11 is 0. The van der Waals surface area contributed by atoms with Crippen LogP contribution in [0.25, 0.3) is 0 Å². The number of aliphatic imine (C=N–C) groups is 1. The van der Waals surface area contributed by atoms with Gasteiger partial charge in [-0.25, -0.2) is 0 Å². The number of likely N-dealkylation sites (N-methyl/N-ethyl adjacent to an activating group) is 1. The third-order valence-corrected chi connectivity index (χ3v) is 2.09. The number of hydrogen-bond donors (Lipinski definition) is 2.